The standard InChI is InChI=1S/C19H22Cl2N2O3S2/c1-14(23(28(2,25)26)18-9-7-17(21)8-10-18)19(24)22-11-12-27-13-15-3-5-16(20)6-4-15/h3-10,14H,11-13H2,1-2H3,(H,22,24)/t14-/m1/s1. The Morgan fingerprint density at radius 2 is 1.61 bits per heavy atom. The number of rotatable bonds is 9. The number of carbonyl (C=O) groups is 1. The lowest BCUT2D eigenvalue weighted by molar-refractivity contribution is -0.121. The minimum Gasteiger partial charge on any atom is -0.353 e. The van der Waals surface area contributed by atoms with Gasteiger partial charge in [-0.3, -0.25) is 9.10 Å². The molecule has 2 aromatic rings. The number of halogens is 2. The average Bonchev–Trinajstić information content (AvgIpc) is 2.63. The van der Waals surface area contributed by atoms with Gasteiger partial charge in [-0.25, -0.2) is 8.42 Å². The molecule has 0 saturated heterocycles. The van der Waals surface area contributed by atoms with Crippen molar-refractivity contribution in [3.63, 3.8) is 0 Å². The molecule has 0 spiro atoms. The predicted molar refractivity (Wildman–Crippen MR) is 119 cm³/mol. The molecule has 1 N–H and O–H groups in total. The molecule has 2 rings (SSSR count). The summed E-state index contributed by atoms with van der Waals surface area (Å²) in [5.74, 6) is 1.16. The van der Waals surface area contributed by atoms with E-state index in [1.807, 2.05) is 24.3 Å². The number of thioether (sulfide) groups is 1. The number of nitrogens with zero attached hydrogens (tertiary/aromatic N) is 1. The van der Waals surface area contributed by atoms with Crippen LogP contribution in [-0.2, 0) is 20.6 Å². The number of nitrogens with one attached hydrogen (secondary N) is 1. The molecule has 0 aromatic heterocycles. The molecule has 152 valence electrons. The van der Waals surface area contributed by atoms with E-state index in [1.54, 1.807) is 43.0 Å². The van der Waals surface area contributed by atoms with E-state index in [1.165, 1.54) is 0 Å². The van der Waals surface area contributed by atoms with Gasteiger partial charge in [-0.2, -0.15) is 11.8 Å². The molecule has 5 nitrogen and oxygen atoms in total. The van der Waals surface area contributed by atoms with E-state index in [9.17, 15) is 13.2 Å². The first kappa shape index (κ1) is 22.9. The van der Waals surface area contributed by atoms with Gasteiger partial charge in [-0.05, 0) is 48.9 Å². The fraction of sp³-hybridized carbons (Fsp3) is 0.316. The van der Waals surface area contributed by atoms with Crippen molar-refractivity contribution >= 4 is 56.6 Å². The molecule has 0 radical (unpaired) electrons. The van der Waals surface area contributed by atoms with Crippen LogP contribution in [0.3, 0.4) is 0 Å². The largest absolute Gasteiger partial charge is 0.353 e. The van der Waals surface area contributed by atoms with Crippen LogP contribution in [0.2, 0.25) is 10.0 Å². The summed E-state index contributed by atoms with van der Waals surface area (Å²) in [5, 5.41) is 3.99. The Kier molecular flexibility index (Phi) is 8.49. The van der Waals surface area contributed by atoms with Crippen molar-refractivity contribution < 1.29 is 13.2 Å². The van der Waals surface area contributed by atoms with Crippen LogP contribution in [0.15, 0.2) is 48.5 Å². The molecule has 0 fully saturated rings. The molecule has 1 amide bonds. The zero-order valence-electron chi connectivity index (χ0n) is 15.6. The molecule has 0 aliphatic rings. The first-order valence-electron chi connectivity index (χ1n) is 8.53. The highest BCUT2D eigenvalue weighted by Gasteiger charge is 2.28. The van der Waals surface area contributed by atoms with E-state index in [-0.39, 0.29) is 5.91 Å². The maximum atomic E-state index is 12.5. The highest BCUT2D eigenvalue weighted by molar-refractivity contribution is 7.98. The van der Waals surface area contributed by atoms with E-state index < -0.39 is 16.1 Å². The van der Waals surface area contributed by atoms with Gasteiger partial charge in [0.05, 0.1) is 11.9 Å². The Morgan fingerprint density at radius 1 is 1.07 bits per heavy atom. The number of sulfonamides is 1. The monoisotopic (exact) mass is 460 g/mol. The van der Waals surface area contributed by atoms with Crippen LogP contribution in [0, 0.1) is 0 Å². The summed E-state index contributed by atoms with van der Waals surface area (Å²) >= 11 is 13.4. The minimum atomic E-state index is -3.64. The number of hydrogen-bond donors (Lipinski definition) is 1. The van der Waals surface area contributed by atoms with E-state index in [0.29, 0.717) is 28.0 Å². The van der Waals surface area contributed by atoms with Crippen LogP contribution in [0.25, 0.3) is 0 Å². The second-order valence-electron chi connectivity index (χ2n) is 6.18. The van der Waals surface area contributed by atoms with Crippen molar-refractivity contribution in [1.29, 1.82) is 0 Å². The molecule has 9 heteroatoms. The first-order chi connectivity index (χ1) is 13.2. The Hall–Kier alpha value is -1.41. The van der Waals surface area contributed by atoms with Crippen LogP contribution in [0.4, 0.5) is 5.69 Å². The topological polar surface area (TPSA) is 66.5 Å². The minimum absolute atomic E-state index is 0.354. The van der Waals surface area contributed by atoms with Gasteiger partial charge in [-0.15, -0.1) is 0 Å². The lowest BCUT2D eigenvalue weighted by atomic mass is 10.2. The fourth-order valence-corrected chi connectivity index (χ4v) is 4.81. The first-order valence-corrected chi connectivity index (χ1v) is 12.3. The van der Waals surface area contributed by atoms with Gasteiger partial charge in [-0.1, -0.05) is 35.3 Å². The maximum Gasteiger partial charge on any atom is 0.243 e. The van der Waals surface area contributed by atoms with Gasteiger partial charge in [0, 0.05) is 28.1 Å². The third-order valence-corrected chi connectivity index (χ3v) is 6.67. The van der Waals surface area contributed by atoms with Gasteiger partial charge in [0.15, 0.2) is 0 Å². The van der Waals surface area contributed by atoms with Gasteiger partial charge in [0.1, 0.15) is 6.04 Å². The second-order valence-corrected chi connectivity index (χ2v) is 10.0. The summed E-state index contributed by atoms with van der Waals surface area (Å²) < 4.78 is 25.5. The number of carbonyl (C=O) groups excluding carboxylic acids is 1. The molecular formula is C19H22Cl2N2O3S2. The molecular weight excluding hydrogens is 439 g/mol. The summed E-state index contributed by atoms with van der Waals surface area (Å²) in [4.78, 5) is 12.5. The van der Waals surface area contributed by atoms with Crippen LogP contribution < -0.4 is 9.62 Å². The van der Waals surface area contributed by atoms with Gasteiger partial charge < -0.3 is 5.32 Å². The fourth-order valence-electron chi connectivity index (χ4n) is 2.56. The summed E-state index contributed by atoms with van der Waals surface area (Å²) in [6.45, 7) is 2.01. The number of amides is 1. The van der Waals surface area contributed by atoms with Crippen LogP contribution in [0.5, 0.6) is 0 Å². The number of anilines is 1. The zero-order chi connectivity index (χ0) is 20.7. The molecule has 0 aliphatic carbocycles. The predicted octanol–water partition coefficient (Wildman–Crippen LogP) is 4.20. The Labute approximate surface area is 180 Å². The Bertz CT molecular complexity index is 888. The van der Waals surface area contributed by atoms with Crippen molar-refractivity contribution in [2.24, 2.45) is 0 Å². The van der Waals surface area contributed by atoms with E-state index in [4.69, 9.17) is 23.2 Å². The summed E-state index contributed by atoms with van der Waals surface area (Å²) in [6.07, 6.45) is 1.08. The zero-order valence-corrected chi connectivity index (χ0v) is 18.7. The van der Waals surface area contributed by atoms with E-state index in [0.717, 1.165) is 21.9 Å². The van der Waals surface area contributed by atoms with E-state index in [2.05, 4.69) is 5.32 Å². The quantitative estimate of drug-likeness (QED) is 0.569. The summed E-state index contributed by atoms with van der Waals surface area (Å²) in [7, 11) is -3.64. The van der Waals surface area contributed by atoms with Crippen molar-refractivity contribution in [2.75, 3.05) is 22.9 Å². The molecule has 0 bridgehead atoms. The summed E-state index contributed by atoms with van der Waals surface area (Å²) in [6, 6.07) is 13.1. The third-order valence-electron chi connectivity index (χ3n) is 3.90. The van der Waals surface area contributed by atoms with Crippen molar-refractivity contribution in [1.82, 2.24) is 5.32 Å². The molecule has 0 unspecified atom stereocenters. The highest BCUT2D eigenvalue weighted by atomic mass is 35.5. The van der Waals surface area contributed by atoms with Crippen molar-refractivity contribution in [3.05, 3.63) is 64.1 Å². The SMILES string of the molecule is C[C@H](C(=O)NCCSCc1ccc(Cl)cc1)N(c1ccc(Cl)cc1)S(C)(=O)=O. The van der Waals surface area contributed by atoms with Crippen molar-refractivity contribution in [3.8, 4) is 0 Å². The van der Waals surface area contributed by atoms with Gasteiger partial charge >= 0.3 is 0 Å². The molecule has 2 aromatic carbocycles. The average molecular weight is 461 g/mol. The Balaban J connectivity index is 1.88. The lowest BCUT2D eigenvalue weighted by Crippen LogP contribution is -2.48. The normalized spacial score (nSPS) is 12.4. The van der Waals surface area contributed by atoms with Crippen LogP contribution in [-0.4, -0.2) is 38.9 Å². The molecule has 1 atom stereocenters. The number of benzene rings is 2. The molecule has 28 heavy (non-hydrogen) atoms. The van der Waals surface area contributed by atoms with Crippen LogP contribution >= 0.6 is 35.0 Å². The van der Waals surface area contributed by atoms with Crippen LogP contribution in [0.1, 0.15) is 12.5 Å². The number of hydrogen-bond acceptors (Lipinski definition) is 4. The molecule has 0 saturated carbocycles. The maximum absolute atomic E-state index is 12.5. The molecule has 0 aliphatic heterocycles. The van der Waals surface area contributed by atoms with E-state index >= 15 is 0 Å². The highest BCUT2D eigenvalue weighted by Crippen LogP contribution is 2.23. The third kappa shape index (κ3) is 6.88. The van der Waals surface area contributed by atoms with Gasteiger partial charge in [0.25, 0.3) is 0 Å². The summed E-state index contributed by atoms with van der Waals surface area (Å²) in [5.41, 5.74) is 1.55. The molecule has 0 heterocycles. The lowest BCUT2D eigenvalue weighted by Gasteiger charge is -2.28. The van der Waals surface area contributed by atoms with Crippen molar-refractivity contribution in [2.45, 2.75) is 18.7 Å². The van der Waals surface area contributed by atoms with Gasteiger partial charge in [0.2, 0.25) is 15.9 Å². The second kappa shape index (κ2) is 10.4. The Morgan fingerprint density at radius 3 is 2.14 bits per heavy atom. The smallest absolute Gasteiger partial charge is 0.243 e.